The van der Waals surface area contributed by atoms with Crippen molar-refractivity contribution in [1.82, 2.24) is 10.6 Å². The molecule has 2 aliphatic heterocycles. The maximum Gasteiger partial charge on any atom is 0.220 e. The molecule has 64 valence electrons. The van der Waals surface area contributed by atoms with Crippen LogP contribution in [0.2, 0.25) is 0 Å². The minimum absolute atomic E-state index is 0.219. The summed E-state index contributed by atoms with van der Waals surface area (Å²) in [5.74, 6) is 0.219. The highest BCUT2D eigenvalue weighted by molar-refractivity contribution is 5.79. The van der Waals surface area contributed by atoms with Crippen molar-refractivity contribution in [1.29, 1.82) is 0 Å². The minimum Gasteiger partial charge on any atom is -0.355 e. The molecule has 1 spiro atoms. The van der Waals surface area contributed by atoms with Crippen LogP contribution in [0.1, 0.15) is 20.3 Å². The molecule has 3 heteroatoms. The van der Waals surface area contributed by atoms with E-state index in [4.69, 9.17) is 0 Å². The number of amides is 1. The lowest BCUT2D eigenvalue weighted by Crippen LogP contribution is -2.54. The first-order valence-corrected chi connectivity index (χ1v) is 4.28. The monoisotopic (exact) mass is 156 g/mol. The van der Waals surface area contributed by atoms with Crippen molar-refractivity contribution in [2.75, 3.05) is 19.6 Å². The Labute approximate surface area is 67.5 Å². The fourth-order valence-electron chi connectivity index (χ4n) is 1.48. The smallest absolute Gasteiger partial charge is 0.220 e. The summed E-state index contributed by atoms with van der Waals surface area (Å²) in [6.07, 6.45) is 0.736. The zero-order valence-electron chi connectivity index (χ0n) is 7.24. The molecule has 2 saturated heterocycles. The van der Waals surface area contributed by atoms with Gasteiger partial charge in [-0.2, -0.15) is 0 Å². The zero-order chi connectivity index (χ0) is 8.32. The lowest BCUT2D eigenvalue weighted by atomic mass is 9.81. The third-order valence-electron chi connectivity index (χ3n) is 2.20. The summed E-state index contributed by atoms with van der Waals surface area (Å²) in [6.45, 7) is 6.93. The zero-order valence-corrected chi connectivity index (χ0v) is 7.24. The molecule has 2 N–H and O–H groups in total. The molecule has 3 nitrogen and oxygen atoms in total. The van der Waals surface area contributed by atoms with Gasteiger partial charge in [-0.1, -0.05) is 13.8 Å². The van der Waals surface area contributed by atoms with Gasteiger partial charge in [-0.05, 0) is 0 Å². The van der Waals surface area contributed by atoms with Crippen molar-refractivity contribution in [3.63, 3.8) is 0 Å². The first-order chi connectivity index (χ1) is 5.31. The van der Waals surface area contributed by atoms with Crippen molar-refractivity contribution in [2.45, 2.75) is 20.3 Å². The molecule has 2 rings (SSSR count). The number of hydrogen-bond donors (Lipinski definition) is 2. The summed E-state index contributed by atoms with van der Waals surface area (Å²) in [6, 6.07) is 0. The van der Waals surface area contributed by atoms with Crippen LogP contribution < -0.4 is 10.6 Å². The molecular formula is C8H16N2O. The molecule has 0 unspecified atom stereocenters. The van der Waals surface area contributed by atoms with Gasteiger partial charge < -0.3 is 10.6 Å². The molecule has 0 saturated carbocycles. The molecule has 0 aromatic heterocycles. The van der Waals surface area contributed by atoms with E-state index in [9.17, 15) is 4.79 Å². The Kier molecular flexibility index (Phi) is 2.49. The second kappa shape index (κ2) is 3.22. The van der Waals surface area contributed by atoms with Gasteiger partial charge in [0, 0.05) is 31.5 Å². The van der Waals surface area contributed by atoms with E-state index in [0.29, 0.717) is 5.41 Å². The number of rotatable bonds is 0. The molecule has 1 amide bonds. The summed E-state index contributed by atoms with van der Waals surface area (Å²) in [5.41, 5.74) is 0.317. The van der Waals surface area contributed by atoms with Gasteiger partial charge in [0.25, 0.3) is 0 Å². The van der Waals surface area contributed by atoms with E-state index in [-0.39, 0.29) is 5.91 Å². The second-order valence-corrected chi connectivity index (χ2v) is 3.06. The predicted molar refractivity (Wildman–Crippen MR) is 44.3 cm³/mol. The van der Waals surface area contributed by atoms with Gasteiger partial charge in [0.2, 0.25) is 5.91 Å². The quantitative estimate of drug-likeness (QED) is 0.523. The van der Waals surface area contributed by atoms with Crippen molar-refractivity contribution in [3.05, 3.63) is 0 Å². The van der Waals surface area contributed by atoms with Gasteiger partial charge in [0.15, 0.2) is 0 Å². The molecule has 0 radical (unpaired) electrons. The number of carbonyl (C=O) groups excluding carboxylic acids is 1. The van der Waals surface area contributed by atoms with Crippen molar-refractivity contribution in [2.24, 2.45) is 5.41 Å². The molecule has 0 aromatic rings. The van der Waals surface area contributed by atoms with Crippen molar-refractivity contribution in [3.8, 4) is 0 Å². The Morgan fingerprint density at radius 1 is 1.27 bits per heavy atom. The average molecular weight is 156 g/mol. The van der Waals surface area contributed by atoms with E-state index in [0.717, 1.165) is 26.1 Å². The van der Waals surface area contributed by atoms with E-state index < -0.39 is 0 Å². The molecular weight excluding hydrogens is 140 g/mol. The van der Waals surface area contributed by atoms with E-state index in [1.807, 2.05) is 13.8 Å². The largest absolute Gasteiger partial charge is 0.355 e. The molecule has 2 fully saturated rings. The highest BCUT2D eigenvalue weighted by atomic mass is 16.1. The molecule has 0 aromatic carbocycles. The topological polar surface area (TPSA) is 41.1 Å². The van der Waals surface area contributed by atoms with Crippen LogP contribution in [-0.2, 0) is 4.79 Å². The van der Waals surface area contributed by atoms with Gasteiger partial charge >= 0.3 is 0 Å². The van der Waals surface area contributed by atoms with Crippen LogP contribution in [-0.4, -0.2) is 25.5 Å². The van der Waals surface area contributed by atoms with E-state index in [1.54, 1.807) is 0 Å². The third-order valence-corrected chi connectivity index (χ3v) is 2.20. The lowest BCUT2D eigenvalue weighted by molar-refractivity contribution is -0.119. The van der Waals surface area contributed by atoms with Crippen LogP contribution >= 0.6 is 0 Å². The predicted octanol–water partition coefficient (Wildman–Crippen LogP) is 0.122. The van der Waals surface area contributed by atoms with Crippen LogP contribution in [0.15, 0.2) is 0 Å². The van der Waals surface area contributed by atoms with Gasteiger partial charge in [0.05, 0.1) is 0 Å². The van der Waals surface area contributed by atoms with Crippen LogP contribution in [0, 0.1) is 5.41 Å². The maximum absolute atomic E-state index is 10.7. The molecule has 0 bridgehead atoms. The van der Waals surface area contributed by atoms with E-state index in [1.165, 1.54) is 0 Å². The Hall–Kier alpha value is -0.570. The molecule has 11 heavy (non-hydrogen) atoms. The average Bonchev–Trinajstić information content (AvgIpc) is 2.35. The minimum atomic E-state index is 0.219. The van der Waals surface area contributed by atoms with Crippen LogP contribution in [0.25, 0.3) is 0 Å². The maximum atomic E-state index is 10.7. The molecule has 2 heterocycles. The van der Waals surface area contributed by atoms with Crippen LogP contribution in [0.3, 0.4) is 0 Å². The summed E-state index contributed by atoms with van der Waals surface area (Å²) in [7, 11) is 0. The standard InChI is InChI=1S/C6H10N2O.C2H6/c9-5-1-6(4-8-5)2-7-3-6;1-2/h7H,1-4H2,(H,8,9);1-2H3. The summed E-state index contributed by atoms with van der Waals surface area (Å²) in [4.78, 5) is 10.7. The highest BCUT2D eigenvalue weighted by Gasteiger charge is 2.43. The summed E-state index contributed by atoms with van der Waals surface area (Å²) >= 11 is 0. The Bertz CT molecular complexity index is 152. The fraction of sp³-hybridized carbons (Fsp3) is 0.875. The molecule has 0 aliphatic carbocycles. The molecule has 0 atom stereocenters. The Morgan fingerprint density at radius 2 is 1.91 bits per heavy atom. The van der Waals surface area contributed by atoms with E-state index >= 15 is 0 Å². The molecule has 2 aliphatic rings. The second-order valence-electron chi connectivity index (χ2n) is 3.06. The first kappa shape index (κ1) is 8.53. The number of hydrogen-bond acceptors (Lipinski definition) is 2. The third kappa shape index (κ3) is 1.53. The van der Waals surface area contributed by atoms with Gasteiger partial charge in [-0.15, -0.1) is 0 Å². The van der Waals surface area contributed by atoms with Gasteiger partial charge in [0.1, 0.15) is 0 Å². The van der Waals surface area contributed by atoms with Gasteiger partial charge in [-0.3, -0.25) is 4.79 Å². The summed E-state index contributed by atoms with van der Waals surface area (Å²) < 4.78 is 0. The fourth-order valence-corrected chi connectivity index (χ4v) is 1.48. The van der Waals surface area contributed by atoms with Gasteiger partial charge in [-0.25, -0.2) is 0 Å². The lowest BCUT2D eigenvalue weighted by Gasteiger charge is -2.37. The Balaban J connectivity index is 0.000000281. The van der Waals surface area contributed by atoms with E-state index in [2.05, 4.69) is 10.6 Å². The first-order valence-electron chi connectivity index (χ1n) is 4.28. The van der Waals surface area contributed by atoms with Crippen LogP contribution in [0.5, 0.6) is 0 Å². The SMILES string of the molecule is CC.O=C1CC2(CNC2)CN1. The van der Waals surface area contributed by atoms with Crippen molar-refractivity contribution >= 4 is 5.91 Å². The number of nitrogens with one attached hydrogen (secondary N) is 2. The Morgan fingerprint density at radius 3 is 2.09 bits per heavy atom. The van der Waals surface area contributed by atoms with Crippen LogP contribution in [0.4, 0.5) is 0 Å². The highest BCUT2D eigenvalue weighted by Crippen LogP contribution is 2.29. The summed E-state index contributed by atoms with van der Waals surface area (Å²) in [5, 5.41) is 6.01. The number of carbonyl (C=O) groups is 1. The normalized spacial score (nSPS) is 25.1. The van der Waals surface area contributed by atoms with Crippen molar-refractivity contribution < 1.29 is 4.79 Å².